The molecule has 0 aromatic heterocycles. The Morgan fingerprint density at radius 3 is 2.20 bits per heavy atom. The van der Waals surface area contributed by atoms with Gasteiger partial charge in [-0.3, -0.25) is 4.79 Å². The fourth-order valence-corrected chi connectivity index (χ4v) is 4.15. The van der Waals surface area contributed by atoms with Gasteiger partial charge in [0.15, 0.2) is 10.5 Å². The highest BCUT2D eigenvalue weighted by Gasteiger charge is 2.73. The third-order valence-electron chi connectivity index (χ3n) is 4.03. The molecule has 0 radical (unpaired) electrons. The van der Waals surface area contributed by atoms with Gasteiger partial charge in [-0.2, -0.15) is 0 Å². The summed E-state index contributed by atoms with van der Waals surface area (Å²) in [5.41, 5.74) is -1.74. The summed E-state index contributed by atoms with van der Waals surface area (Å²) in [6.07, 6.45) is -0.775. The smallest absolute Gasteiger partial charge is 0.305 e. The van der Waals surface area contributed by atoms with Crippen LogP contribution in [0.1, 0.15) is 12.0 Å². The monoisotopic (exact) mass is 404 g/mol. The Bertz CT molecular complexity index is 763. The highest BCUT2D eigenvalue weighted by atomic mass is 35.5. The molecule has 0 bridgehead atoms. The van der Waals surface area contributed by atoms with Gasteiger partial charge < -0.3 is 19.7 Å². The van der Waals surface area contributed by atoms with Crippen LogP contribution in [0, 0.1) is 11.8 Å². The van der Waals surface area contributed by atoms with Crippen LogP contribution in [0.4, 0.5) is 0 Å². The highest BCUT2D eigenvalue weighted by Crippen LogP contribution is 2.59. The standard InChI is InChI=1S/C17H15Cl3O5/c1-24-17(25-2)14(19)13(18)15(23,16(17,20)10-12(21)22)9-8-11-6-4-3-5-7-11/h3-7,23H,10H2,1-2H3,(H,21,22)/t15-,16-/m1/s1. The number of hydrogen-bond acceptors (Lipinski definition) is 4. The largest absolute Gasteiger partial charge is 0.481 e. The van der Waals surface area contributed by atoms with Gasteiger partial charge >= 0.3 is 5.97 Å². The van der Waals surface area contributed by atoms with E-state index in [9.17, 15) is 15.0 Å². The minimum Gasteiger partial charge on any atom is -0.481 e. The molecule has 0 amide bonds. The second-order valence-corrected chi connectivity index (χ2v) is 6.75. The molecule has 0 heterocycles. The number of aliphatic hydroxyl groups is 1. The van der Waals surface area contributed by atoms with Crippen molar-refractivity contribution in [2.75, 3.05) is 14.2 Å². The molecule has 0 spiro atoms. The van der Waals surface area contributed by atoms with E-state index < -0.39 is 28.7 Å². The second-order valence-electron chi connectivity index (χ2n) is 5.35. The number of ether oxygens (including phenoxy) is 2. The van der Waals surface area contributed by atoms with Crippen molar-refractivity contribution in [3.05, 3.63) is 46.0 Å². The third kappa shape index (κ3) is 2.93. The molecule has 5 nitrogen and oxygen atoms in total. The van der Waals surface area contributed by atoms with E-state index in [-0.39, 0.29) is 10.1 Å². The Morgan fingerprint density at radius 1 is 1.16 bits per heavy atom. The van der Waals surface area contributed by atoms with E-state index in [1.165, 1.54) is 14.2 Å². The number of carbonyl (C=O) groups is 1. The van der Waals surface area contributed by atoms with E-state index in [1.54, 1.807) is 30.3 Å². The van der Waals surface area contributed by atoms with Gasteiger partial charge in [-0.25, -0.2) is 0 Å². The molecule has 2 atom stereocenters. The van der Waals surface area contributed by atoms with E-state index >= 15 is 0 Å². The fraction of sp³-hybridized carbons (Fsp3) is 0.353. The molecular weight excluding hydrogens is 391 g/mol. The number of carboxylic acids is 1. The van der Waals surface area contributed by atoms with Gasteiger partial charge in [-0.1, -0.05) is 53.2 Å². The van der Waals surface area contributed by atoms with E-state index in [1.807, 2.05) is 0 Å². The minimum atomic E-state index is -2.31. The Labute approximate surface area is 160 Å². The van der Waals surface area contributed by atoms with Crippen LogP contribution in [-0.2, 0) is 14.3 Å². The summed E-state index contributed by atoms with van der Waals surface area (Å²) in [6, 6.07) is 8.73. The number of aliphatic carboxylic acids is 1. The van der Waals surface area contributed by atoms with Gasteiger partial charge in [-0.15, -0.1) is 11.6 Å². The van der Waals surface area contributed by atoms with Crippen molar-refractivity contribution < 1.29 is 24.5 Å². The number of halogens is 3. The van der Waals surface area contributed by atoms with Gasteiger partial charge in [0, 0.05) is 19.8 Å². The Kier molecular flexibility index (Phi) is 5.75. The molecule has 2 N–H and O–H groups in total. The Morgan fingerprint density at radius 2 is 1.72 bits per heavy atom. The van der Waals surface area contributed by atoms with E-state index in [0.29, 0.717) is 5.56 Å². The third-order valence-corrected chi connectivity index (χ3v) is 5.68. The van der Waals surface area contributed by atoms with Crippen molar-refractivity contribution >= 4 is 40.8 Å². The average molecular weight is 406 g/mol. The maximum atomic E-state index is 11.4. The maximum absolute atomic E-state index is 11.4. The zero-order valence-corrected chi connectivity index (χ0v) is 15.6. The number of carboxylic acid groups (broad SMARTS) is 1. The maximum Gasteiger partial charge on any atom is 0.305 e. The van der Waals surface area contributed by atoms with Crippen molar-refractivity contribution in [1.82, 2.24) is 0 Å². The van der Waals surface area contributed by atoms with Gasteiger partial charge in [-0.05, 0) is 12.1 Å². The highest BCUT2D eigenvalue weighted by molar-refractivity contribution is 6.44. The summed E-state index contributed by atoms with van der Waals surface area (Å²) >= 11 is 19.0. The minimum absolute atomic E-state index is 0.264. The van der Waals surface area contributed by atoms with Crippen LogP contribution in [-0.4, -0.2) is 46.7 Å². The number of hydrogen-bond donors (Lipinski definition) is 2. The lowest BCUT2D eigenvalue weighted by atomic mass is 9.83. The summed E-state index contributed by atoms with van der Waals surface area (Å²) < 4.78 is 10.6. The lowest BCUT2D eigenvalue weighted by Gasteiger charge is -2.43. The quantitative estimate of drug-likeness (QED) is 0.458. The lowest BCUT2D eigenvalue weighted by Crippen LogP contribution is -2.62. The predicted octanol–water partition coefficient (Wildman–Crippen LogP) is 2.91. The van der Waals surface area contributed by atoms with E-state index in [4.69, 9.17) is 44.3 Å². The summed E-state index contributed by atoms with van der Waals surface area (Å²) in [7, 11) is 2.43. The number of benzene rings is 1. The molecule has 0 saturated heterocycles. The van der Waals surface area contributed by atoms with E-state index in [2.05, 4.69) is 11.8 Å². The molecule has 0 unspecified atom stereocenters. The van der Waals surface area contributed by atoms with Crippen LogP contribution < -0.4 is 0 Å². The molecular formula is C17H15Cl3O5. The molecule has 0 fully saturated rings. The van der Waals surface area contributed by atoms with Crippen LogP contribution in [0.3, 0.4) is 0 Å². The Balaban J connectivity index is 2.69. The van der Waals surface area contributed by atoms with Gasteiger partial charge in [0.05, 0.1) is 16.5 Å². The van der Waals surface area contributed by atoms with Crippen molar-refractivity contribution in [2.45, 2.75) is 22.7 Å². The van der Waals surface area contributed by atoms with Crippen LogP contribution in [0.25, 0.3) is 0 Å². The number of alkyl halides is 1. The Hall–Kier alpha value is -1.26. The average Bonchev–Trinajstić information content (AvgIpc) is 2.71. The molecule has 1 aliphatic rings. The number of methoxy groups -OCH3 is 2. The molecule has 134 valence electrons. The summed E-state index contributed by atoms with van der Waals surface area (Å²) in [4.78, 5) is 9.28. The zero-order chi connectivity index (χ0) is 18.9. The molecule has 8 heteroatoms. The molecule has 0 saturated carbocycles. The zero-order valence-electron chi connectivity index (χ0n) is 13.3. The molecule has 1 aromatic carbocycles. The first kappa shape index (κ1) is 20.1. The lowest BCUT2D eigenvalue weighted by molar-refractivity contribution is -0.212. The first-order chi connectivity index (χ1) is 11.7. The van der Waals surface area contributed by atoms with E-state index in [0.717, 1.165) is 0 Å². The van der Waals surface area contributed by atoms with Crippen molar-refractivity contribution in [1.29, 1.82) is 0 Å². The van der Waals surface area contributed by atoms with Gasteiger partial charge in [0.1, 0.15) is 0 Å². The van der Waals surface area contributed by atoms with Gasteiger partial charge in [0.25, 0.3) is 0 Å². The van der Waals surface area contributed by atoms with Crippen LogP contribution in [0.2, 0.25) is 0 Å². The van der Waals surface area contributed by atoms with Crippen LogP contribution in [0.5, 0.6) is 0 Å². The first-order valence-electron chi connectivity index (χ1n) is 7.06. The van der Waals surface area contributed by atoms with Crippen LogP contribution >= 0.6 is 34.8 Å². The molecule has 0 aliphatic heterocycles. The second kappa shape index (κ2) is 7.16. The normalized spacial score (nSPS) is 27.8. The van der Waals surface area contributed by atoms with Crippen molar-refractivity contribution in [3.8, 4) is 11.8 Å². The summed E-state index contributed by atoms with van der Waals surface area (Å²) in [5.74, 6) is 1.98. The fourth-order valence-electron chi connectivity index (χ4n) is 2.77. The molecule has 1 aliphatic carbocycles. The molecule has 1 aromatic rings. The molecule has 25 heavy (non-hydrogen) atoms. The number of rotatable bonds is 4. The summed E-state index contributed by atoms with van der Waals surface area (Å²) in [5, 5.41) is 19.8. The predicted molar refractivity (Wildman–Crippen MR) is 94.6 cm³/mol. The van der Waals surface area contributed by atoms with Crippen molar-refractivity contribution in [3.63, 3.8) is 0 Å². The topological polar surface area (TPSA) is 76.0 Å². The first-order valence-corrected chi connectivity index (χ1v) is 8.19. The van der Waals surface area contributed by atoms with Gasteiger partial charge in [0.2, 0.25) is 5.79 Å². The summed E-state index contributed by atoms with van der Waals surface area (Å²) in [6.45, 7) is 0. The van der Waals surface area contributed by atoms with Crippen LogP contribution in [0.15, 0.2) is 40.4 Å². The molecule has 2 rings (SSSR count). The SMILES string of the molecule is COC1(OC)C(Cl)=C(Cl)[C@](O)(C#Cc2ccccc2)[C@]1(Cl)CC(=O)O. The van der Waals surface area contributed by atoms with Crippen molar-refractivity contribution in [2.24, 2.45) is 0 Å².